The van der Waals surface area contributed by atoms with E-state index in [4.69, 9.17) is 0 Å². The van der Waals surface area contributed by atoms with E-state index in [9.17, 15) is 0 Å². The quantitative estimate of drug-likeness (QED) is 0.470. The maximum Gasteiger partial charge on any atom is -0.0174 e. The van der Waals surface area contributed by atoms with Gasteiger partial charge in [0.15, 0.2) is 0 Å². The first-order chi connectivity index (χ1) is 7.77. The van der Waals surface area contributed by atoms with Gasteiger partial charge in [0.1, 0.15) is 0 Å². The summed E-state index contributed by atoms with van der Waals surface area (Å²) < 4.78 is 0. The van der Waals surface area contributed by atoms with Crippen molar-refractivity contribution < 1.29 is 0 Å². The Morgan fingerprint density at radius 3 is 2.88 bits per heavy atom. The van der Waals surface area contributed by atoms with Crippen LogP contribution in [0, 0.1) is 23.7 Å². The second-order valence-corrected chi connectivity index (χ2v) is 5.37. The largest absolute Gasteiger partial charge is 0.130 e. The van der Waals surface area contributed by atoms with Crippen LogP contribution in [0.15, 0.2) is 29.5 Å². The van der Waals surface area contributed by atoms with Crippen LogP contribution in [0.5, 0.6) is 0 Å². The maximum absolute atomic E-state index is 3.31. The first-order valence-corrected chi connectivity index (χ1v) is 6.85. The summed E-state index contributed by atoms with van der Waals surface area (Å²) in [7, 11) is 0. The molecule has 0 aliphatic heterocycles. The monoisotopic (exact) mass is 216 g/mol. The fourth-order valence-corrected chi connectivity index (χ4v) is 3.39. The molecular weight excluding hydrogens is 192 g/mol. The first kappa shape index (κ1) is 11.7. The molecule has 2 aliphatic rings. The summed E-state index contributed by atoms with van der Waals surface area (Å²) in [4.78, 5) is 0. The summed E-state index contributed by atoms with van der Waals surface area (Å²) in [5.41, 5.74) is 4.96. The van der Waals surface area contributed by atoms with Crippen LogP contribution in [0.25, 0.3) is 0 Å². The van der Waals surface area contributed by atoms with Gasteiger partial charge in [-0.15, -0.1) is 5.73 Å². The molecule has 88 valence electrons. The molecule has 0 spiro atoms. The lowest BCUT2D eigenvalue weighted by atomic mass is 9.75. The minimum atomic E-state index is 0.837. The number of rotatable bonds is 4. The van der Waals surface area contributed by atoms with Gasteiger partial charge in [0, 0.05) is 0 Å². The van der Waals surface area contributed by atoms with Crippen LogP contribution in [0.2, 0.25) is 0 Å². The molecule has 0 nitrogen and oxygen atoms in total. The topological polar surface area (TPSA) is 0 Å². The molecule has 0 heterocycles. The molecule has 0 radical (unpaired) electrons. The Balaban J connectivity index is 2.02. The highest BCUT2D eigenvalue weighted by atomic mass is 14.5. The fourth-order valence-electron chi connectivity index (χ4n) is 3.39. The average molecular weight is 216 g/mol. The van der Waals surface area contributed by atoms with Crippen molar-refractivity contribution in [3.8, 4) is 0 Å². The number of hydrogen-bond donors (Lipinski definition) is 0. The van der Waals surface area contributed by atoms with Crippen molar-refractivity contribution in [3.63, 3.8) is 0 Å². The number of fused-ring (bicyclic) bond motifs is 1. The maximum atomic E-state index is 3.31. The second kappa shape index (κ2) is 5.06. The predicted octanol–water partition coefficient (Wildman–Crippen LogP) is 4.74. The zero-order chi connectivity index (χ0) is 11.5. The van der Waals surface area contributed by atoms with Gasteiger partial charge >= 0.3 is 0 Å². The van der Waals surface area contributed by atoms with Crippen molar-refractivity contribution >= 4 is 0 Å². The van der Waals surface area contributed by atoms with Gasteiger partial charge < -0.3 is 0 Å². The molecule has 0 aromatic rings. The van der Waals surface area contributed by atoms with E-state index in [-0.39, 0.29) is 0 Å². The summed E-state index contributed by atoms with van der Waals surface area (Å²) >= 11 is 0. The standard InChI is InChI=1S/C16H24/c1-4-6-7-8-9-15-14(5-2)12(3)10-13-11-16(13)15/h6,8,10,13-16H,4-5,9,11H2,1-3H3/t7?,13-,14?,15?,16?/m1/s1. The van der Waals surface area contributed by atoms with Crippen molar-refractivity contribution in [1.29, 1.82) is 0 Å². The lowest BCUT2D eigenvalue weighted by Gasteiger charge is -2.29. The summed E-state index contributed by atoms with van der Waals surface area (Å²) in [5, 5.41) is 0. The lowest BCUT2D eigenvalue weighted by Crippen LogP contribution is -2.21. The highest BCUT2D eigenvalue weighted by molar-refractivity contribution is 5.20. The zero-order valence-corrected chi connectivity index (χ0v) is 10.9. The highest BCUT2D eigenvalue weighted by Gasteiger charge is 2.46. The molecule has 3 unspecified atom stereocenters. The fraction of sp³-hybridized carbons (Fsp3) is 0.688. The van der Waals surface area contributed by atoms with Crippen LogP contribution < -0.4 is 0 Å². The van der Waals surface area contributed by atoms with E-state index in [0.717, 1.165) is 30.1 Å². The van der Waals surface area contributed by atoms with Crippen molar-refractivity contribution in [1.82, 2.24) is 0 Å². The van der Waals surface area contributed by atoms with E-state index < -0.39 is 0 Å². The van der Waals surface area contributed by atoms with Gasteiger partial charge in [0.2, 0.25) is 0 Å². The molecule has 4 atom stereocenters. The van der Waals surface area contributed by atoms with Gasteiger partial charge in [0.05, 0.1) is 0 Å². The molecule has 2 aliphatic carbocycles. The van der Waals surface area contributed by atoms with E-state index in [0.29, 0.717) is 0 Å². The zero-order valence-electron chi connectivity index (χ0n) is 10.9. The number of allylic oxidation sites excluding steroid dienone is 3. The molecule has 0 aromatic carbocycles. The van der Waals surface area contributed by atoms with Crippen molar-refractivity contribution in [2.75, 3.05) is 0 Å². The molecule has 0 amide bonds. The summed E-state index contributed by atoms with van der Waals surface area (Å²) in [6, 6.07) is 0. The second-order valence-electron chi connectivity index (χ2n) is 5.37. The molecule has 0 aromatic heterocycles. The van der Waals surface area contributed by atoms with E-state index in [1.165, 1.54) is 19.3 Å². The van der Waals surface area contributed by atoms with E-state index in [1.54, 1.807) is 5.57 Å². The lowest BCUT2D eigenvalue weighted by molar-refractivity contribution is 0.307. The molecular formula is C16H24. The third-order valence-electron chi connectivity index (χ3n) is 4.29. The SMILES string of the molecule is CCC=C=CCC1C(CC)C(C)=C[C@@H]2CC12. The first-order valence-electron chi connectivity index (χ1n) is 6.85. The van der Waals surface area contributed by atoms with Crippen molar-refractivity contribution in [2.45, 2.75) is 46.5 Å². The Bertz CT molecular complexity index is 328. The van der Waals surface area contributed by atoms with E-state index in [2.05, 4.69) is 44.7 Å². The third kappa shape index (κ3) is 2.33. The molecule has 0 saturated heterocycles. The van der Waals surface area contributed by atoms with Crippen molar-refractivity contribution in [2.24, 2.45) is 23.7 Å². The van der Waals surface area contributed by atoms with E-state index >= 15 is 0 Å². The van der Waals surface area contributed by atoms with Gasteiger partial charge in [-0.25, -0.2) is 0 Å². The number of hydrogen-bond acceptors (Lipinski definition) is 0. The highest BCUT2D eigenvalue weighted by Crippen LogP contribution is 2.55. The molecule has 1 fully saturated rings. The summed E-state index contributed by atoms with van der Waals surface area (Å²) in [6.45, 7) is 6.84. The third-order valence-corrected chi connectivity index (χ3v) is 4.29. The van der Waals surface area contributed by atoms with Crippen molar-refractivity contribution in [3.05, 3.63) is 29.5 Å². The molecule has 0 N–H and O–H groups in total. The van der Waals surface area contributed by atoms with Crippen LogP contribution >= 0.6 is 0 Å². The Kier molecular flexibility index (Phi) is 3.71. The Labute approximate surface area is 100 Å². The van der Waals surface area contributed by atoms with Gasteiger partial charge in [-0.3, -0.25) is 0 Å². The van der Waals surface area contributed by atoms with Gasteiger partial charge in [-0.05, 0) is 68.4 Å². The average Bonchev–Trinajstić information content (AvgIpc) is 3.02. The molecule has 0 bridgehead atoms. The van der Waals surface area contributed by atoms with E-state index in [1.807, 2.05) is 0 Å². The Morgan fingerprint density at radius 1 is 1.38 bits per heavy atom. The Morgan fingerprint density at radius 2 is 2.19 bits per heavy atom. The van der Waals surface area contributed by atoms with Gasteiger partial charge in [-0.2, -0.15) is 0 Å². The van der Waals surface area contributed by atoms with Crippen LogP contribution in [-0.2, 0) is 0 Å². The van der Waals surface area contributed by atoms with Gasteiger partial charge in [0.25, 0.3) is 0 Å². The summed E-state index contributed by atoms with van der Waals surface area (Å²) in [6.07, 6.45) is 12.0. The summed E-state index contributed by atoms with van der Waals surface area (Å²) in [5.74, 6) is 3.66. The minimum absolute atomic E-state index is 0.837. The molecule has 0 heteroatoms. The normalized spacial score (nSPS) is 35.8. The Hall–Kier alpha value is -0.740. The van der Waals surface area contributed by atoms with Crippen LogP contribution in [0.1, 0.15) is 46.5 Å². The molecule has 16 heavy (non-hydrogen) atoms. The molecule has 2 rings (SSSR count). The van der Waals surface area contributed by atoms with Crippen LogP contribution in [0.4, 0.5) is 0 Å². The predicted molar refractivity (Wildman–Crippen MR) is 70.2 cm³/mol. The van der Waals surface area contributed by atoms with Crippen LogP contribution in [-0.4, -0.2) is 0 Å². The minimum Gasteiger partial charge on any atom is -0.130 e. The molecule has 1 saturated carbocycles. The smallest absolute Gasteiger partial charge is 0.0174 e. The van der Waals surface area contributed by atoms with Gasteiger partial charge in [-0.1, -0.05) is 25.5 Å². The van der Waals surface area contributed by atoms with Crippen LogP contribution in [0.3, 0.4) is 0 Å².